The highest BCUT2D eigenvalue weighted by atomic mass is 16.5. The first-order valence-electron chi connectivity index (χ1n) is 8.34. The number of carbonyl (C=O) groups excluding carboxylic acids is 1. The van der Waals surface area contributed by atoms with Crippen LogP contribution in [0.25, 0.3) is 11.6 Å². The topological polar surface area (TPSA) is 35.5 Å². The van der Waals surface area contributed by atoms with Crippen molar-refractivity contribution in [2.45, 2.75) is 58.7 Å². The second-order valence-corrected chi connectivity index (χ2v) is 7.38. The van der Waals surface area contributed by atoms with Crippen molar-refractivity contribution in [2.24, 2.45) is 0 Å². The summed E-state index contributed by atoms with van der Waals surface area (Å²) < 4.78 is 12.5. The summed E-state index contributed by atoms with van der Waals surface area (Å²) in [4.78, 5) is 12.1. The number of ketones is 1. The lowest BCUT2D eigenvalue weighted by Crippen LogP contribution is -2.31. The molecule has 23 heavy (non-hydrogen) atoms. The Hall–Kier alpha value is -2.03. The van der Waals surface area contributed by atoms with Crippen LogP contribution in [0.5, 0.6) is 11.5 Å². The summed E-state index contributed by atoms with van der Waals surface area (Å²) in [6.45, 7) is 8.20. The van der Waals surface area contributed by atoms with Crippen molar-refractivity contribution in [2.75, 3.05) is 0 Å². The van der Waals surface area contributed by atoms with Gasteiger partial charge in [0.15, 0.2) is 5.78 Å². The van der Waals surface area contributed by atoms with Crippen molar-refractivity contribution in [3.05, 3.63) is 34.4 Å². The molecule has 0 amide bonds. The van der Waals surface area contributed by atoms with Gasteiger partial charge in [-0.2, -0.15) is 0 Å². The molecule has 1 aromatic carbocycles. The van der Waals surface area contributed by atoms with E-state index in [4.69, 9.17) is 9.47 Å². The molecule has 0 aromatic heterocycles. The smallest absolute Gasteiger partial charge is 0.160 e. The summed E-state index contributed by atoms with van der Waals surface area (Å²) in [5, 5.41) is 0. The van der Waals surface area contributed by atoms with Crippen molar-refractivity contribution >= 4 is 17.4 Å². The van der Waals surface area contributed by atoms with Gasteiger partial charge >= 0.3 is 0 Å². The Morgan fingerprint density at radius 3 is 2.78 bits per heavy atom. The Kier molecular flexibility index (Phi) is 2.99. The number of fused-ring (bicyclic) bond motifs is 6. The van der Waals surface area contributed by atoms with E-state index in [1.54, 1.807) is 6.08 Å². The minimum Gasteiger partial charge on any atom is -0.490 e. The zero-order valence-corrected chi connectivity index (χ0v) is 14.2. The number of rotatable bonds is 0. The molecule has 1 aromatic rings. The van der Waals surface area contributed by atoms with Crippen LogP contribution in [0.4, 0.5) is 0 Å². The lowest BCUT2D eigenvalue weighted by molar-refractivity contribution is -0.114. The molecule has 2 aliphatic heterocycles. The fourth-order valence-electron chi connectivity index (χ4n) is 3.82. The largest absolute Gasteiger partial charge is 0.490 e. The average Bonchev–Trinajstić information content (AvgIpc) is 2.45. The molecule has 2 heterocycles. The van der Waals surface area contributed by atoms with Crippen LogP contribution in [0, 0.1) is 0 Å². The summed E-state index contributed by atoms with van der Waals surface area (Å²) >= 11 is 0. The molecule has 1 aliphatic carbocycles. The number of ether oxygens (including phenoxy) is 2. The van der Waals surface area contributed by atoms with E-state index >= 15 is 0 Å². The van der Waals surface area contributed by atoms with Gasteiger partial charge in [-0.05, 0) is 75.5 Å². The molecule has 0 spiro atoms. The summed E-state index contributed by atoms with van der Waals surface area (Å²) in [6.07, 6.45) is 8.56. The Balaban J connectivity index is 2.04. The number of allylic oxidation sites excluding steroid dienone is 2. The van der Waals surface area contributed by atoms with Crippen LogP contribution in [0.3, 0.4) is 0 Å². The van der Waals surface area contributed by atoms with Gasteiger partial charge in [-0.15, -0.1) is 0 Å². The van der Waals surface area contributed by atoms with E-state index in [1.165, 1.54) is 5.56 Å². The zero-order chi connectivity index (χ0) is 16.4. The molecular weight excluding hydrogens is 288 g/mol. The summed E-state index contributed by atoms with van der Waals surface area (Å²) in [7, 11) is 0. The first-order valence-corrected chi connectivity index (χ1v) is 8.34. The number of hydrogen-bond acceptors (Lipinski definition) is 3. The van der Waals surface area contributed by atoms with Gasteiger partial charge in [0.1, 0.15) is 17.1 Å². The van der Waals surface area contributed by atoms with Crippen molar-refractivity contribution in [1.29, 1.82) is 0 Å². The molecule has 3 aliphatic rings. The quantitative estimate of drug-likeness (QED) is 0.723. The zero-order valence-electron chi connectivity index (χ0n) is 14.2. The van der Waals surface area contributed by atoms with Gasteiger partial charge in [0.2, 0.25) is 0 Å². The van der Waals surface area contributed by atoms with Crippen LogP contribution in [-0.2, 0) is 17.6 Å². The third-order valence-electron chi connectivity index (χ3n) is 4.92. The van der Waals surface area contributed by atoms with E-state index in [0.29, 0.717) is 6.42 Å². The molecule has 0 saturated heterocycles. The summed E-state index contributed by atoms with van der Waals surface area (Å²) in [5.41, 5.74) is 5.10. The van der Waals surface area contributed by atoms with Crippen LogP contribution in [0.1, 0.15) is 56.4 Å². The molecule has 0 bridgehead atoms. The normalized spacial score (nSPS) is 23.9. The van der Waals surface area contributed by atoms with Gasteiger partial charge in [0, 0.05) is 12.0 Å². The van der Waals surface area contributed by atoms with E-state index in [1.807, 2.05) is 6.92 Å². The predicted molar refractivity (Wildman–Crippen MR) is 91.0 cm³/mol. The van der Waals surface area contributed by atoms with Crippen molar-refractivity contribution in [3.63, 3.8) is 0 Å². The second-order valence-electron chi connectivity index (χ2n) is 7.38. The van der Waals surface area contributed by atoms with Gasteiger partial charge in [-0.25, -0.2) is 0 Å². The Bertz CT molecular complexity index is 781. The Morgan fingerprint density at radius 1 is 1.22 bits per heavy atom. The highest BCUT2D eigenvalue weighted by molar-refractivity contribution is 6.03. The van der Waals surface area contributed by atoms with Crippen LogP contribution >= 0.6 is 0 Å². The average molecular weight is 310 g/mol. The molecule has 3 heteroatoms. The minimum absolute atomic E-state index is 0.168. The van der Waals surface area contributed by atoms with Gasteiger partial charge < -0.3 is 9.47 Å². The highest BCUT2D eigenvalue weighted by Gasteiger charge is 2.35. The van der Waals surface area contributed by atoms with Gasteiger partial charge in [0.25, 0.3) is 0 Å². The molecule has 0 unspecified atom stereocenters. The van der Waals surface area contributed by atoms with Crippen molar-refractivity contribution < 1.29 is 14.3 Å². The van der Waals surface area contributed by atoms with E-state index in [0.717, 1.165) is 46.6 Å². The maximum atomic E-state index is 12.1. The van der Waals surface area contributed by atoms with E-state index in [9.17, 15) is 4.79 Å². The molecule has 0 saturated carbocycles. The van der Waals surface area contributed by atoms with Gasteiger partial charge in [-0.1, -0.05) is 0 Å². The molecule has 1 atom stereocenters. The van der Waals surface area contributed by atoms with Crippen LogP contribution < -0.4 is 9.47 Å². The molecule has 0 radical (unpaired) electrons. The molecule has 3 nitrogen and oxygen atoms in total. The predicted octanol–water partition coefficient (Wildman–Crippen LogP) is 4.11. The fraction of sp³-hybridized carbons (Fsp3) is 0.450. The van der Waals surface area contributed by atoms with Crippen molar-refractivity contribution in [3.8, 4) is 11.5 Å². The monoisotopic (exact) mass is 310 g/mol. The molecule has 120 valence electrons. The van der Waals surface area contributed by atoms with Gasteiger partial charge in [0.05, 0.1) is 11.7 Å². The number of benzene rings is 1. The lowest BCUT2D eigenvalue weighted by Gasteiger charge is -2.36. The third-order valence-corrected chi connectivity index (χ3v) is 4.92. The first-order chi connectivity index (χ1) is 10.9. The van der Waals surface area contributed by atoms with Crippen LogP contribution in [0.2, 0.25) is 0 Å². The van der Waals surface area contributed by atoms with Crippen LogP contribution in [-0.4, -0.2) is 17.5 Å². The SMILES string of the molecule is CC1=CC(=O)Cc2c3c(c4c(c21)OC(C)(C)C=C4)O[C@H](C)CC3. The number of hydrogen-bond donors (Lipinski definition) is 0. The third kappa shape index (κ3) is 2.21. The Morgan fingerprint density at radius 2 is 2.00 bits per heavy atom. The van der Waals surface area contributed by atoms with E-state index in [-0.39, 0.29) is 17.5 Å². The summed E-state index contributed by atoms with van der Waals surface area (Å²) in [5.74, 6) is 1.97. The molecule has 0 N–H and O–H groups in total. The standard InChI is InChI=1S/C20H22O3/c1-11-9-13(21)10-16-14-6-5-12(2)22-18(14)15-7-8-20(3,4)23-19(15)17(11)16/h7-9,12H,5-6,10H2,1-4H3/t12-/m1/s1. The molecule has 4 rings (SSSR count). The minimum atomic E-state index is -0.350. The molecule has 0 fully saturated rings. The maximum absolute atomic E-state index is 12.1. The lowest BCUT2D eigenvalue weighted by atomic mass is 9.81. The maximum Gasteiger partial charge on any atom is 0.160 e. The number of carbonyl (C=O) groups is 1. The fourth-order valence-corrected chi connectivity index (χ4v) is 3.82. The van der Waals surface area contributed by atoms with E-state index in [2.05, 4.69) is 32.9 Å². The van der Waals surface area contributed by atoms with Crippen LogP contribution in [0.15, 0.2) is 12.2 Å². The second kappa shape index (κ2) is 4.73. The van der Waals surface area contributed by atoms with Gasteiger partial charge in [-0.3, -0.25) is 4.79 Å². The Labute approximate surface area is 137 Å². The first kappa shape index (κ1) is 14.6. The molecular formula is C20H22O3. The highest BCUT2D eigenvalue weighted by Crippen LogP contribution is 2.49. The van der Waals surface area contributed by atoms with Crippen molar-refractivity contribution in [1.82, 2.24) is 0 Å². The summed E-state index contributed by atoms with van der Waals surface area (Å²) in [6, 6.07) is 0. The van der Waals surface area contributed by atoms with E-state index < -0.39 is 0 Å².